The topological polar surface area (TPSA) is 80.6 Å². The molecule has 5 aromatic carbocycles. The van der Waals surface area contributed by atoms with Crippen LogP contribution in [0.4, 0.5) is 17.1 Å². The smallest absolute Gasteiger partial charge is 0.136 e. The first-order chi connectivity index (χ1) is 21.6. The Bertz CT molecular complexity index is 2330. The molecule has 0 fully saturated rings. The summed E-state index contributed by atoms with van der Waals surface area (Å²) in [6.07, 6.45) is 0. The molecular weight excluding hydrogens is 583 g/mol. The first-order valence-corrected chi connectivity index (χ1v) is 15.8. The van der Waals surface area contributed by atoms with E-state index in [1.807, 2.05) is 18.2 Å². The monoisotopic (exact) mass is 605 g/mol. The average molecular weight is 606 g/mol. The molecule has 8 aromatic rings. The highest BCUT2D eigenvalue weighted by Crippen LogP contribution is 2.51. The molecule has 0 bridgehead atoms. The van der Waals surface area contributed by atoms with Crippen molar-refractivity contribution >= 4 is 73.6 Å². The summed E-state index contributed by atoms with van der Waals surface area (Å²) in [4.78, 5) is 12.8. The van der Waals surface area contributed by atoms with Crippen LogP contribution in [0.2, 0.25) is 0 Å². The second kappa shape index (κ2) is 9.44. The van der Waals surface area contributed by atoms with E-state index < -0.39 is 0 Å². The molecule has 9 rings (SSSR count). The minimum absolute atomic E-state index is 0.108. The molecule has 0 N–H and O–H groups in total. The van der Waals surface area contributed by atoms with E-state index in [0.29, 0.717) is 22.1 Å². The Morgan fingerprint density at radius 1 is 0.477 bits per heavy atom. The van der Waals surface area contributed by atoms with Crippen molar-refractivity contribution in [1.82, 2.24) is 27.5 Å². The Morgan fingerprint density at radius 2 is 0.909 bits per heavy atom. The summed E-state index contributed by atoms with van der Waals surface area (Å²) >= 11 is 2.32. The first-order valence-electron chi connectivity index (χ1n) is 14.3. The van der Waals surface area contributed by atoms with Gasteiger partial charge in [-0.3, -0.25) is 0 Å². The molecule has 0 amide bonds. The Hall–Kier alpha value is -5.12. The molecule has 0 radical (unpaired) electrons. The number of hydrogen-bond donors (Lipinski definition) is 0. The lowest BCUT2D eigenvalue weighted by Crippen LogP contribution is -2.30. The fraction of sp³-hybridized carbons (Fsp3) is 0.0857. The van der Waals surface area contributed by atoms with Crippen LogP contribution in [-0.4, -0.2) is 27.5 Å². The van der Waals surface area contributed by atoms with Crippen LogP contribution in [0.15, 0.2) is 103 Å². The van der Waals surface area contributed by atoms with Gasteiger partial charge < -0.3 is 4.90 Å². The SMILES string of the molecule is CC1(C)c2ccccc2N(c2ccc(-c3nc4c5nsnc5c5nsnc5c4nc3-c3ccccc3)cc2)c2ccccc21. The van der Waals surface area contributed by atoms with Crippen LogP contribution in [0.25, 0.3) is 55.6 Å². The molecule has 0 unspecified atom stereocenters. The van der Waals surface area contributed by atoms with Crippen molar-refractivity contribution in [2.75, 3.05) is 4.90 Å². The van der Waals surface area contributed by atoms with Gasteiger partial charge in [-0.15, -0.1) is 0 Å². The Labute approximate surface area is 261 Å². The van der Waals surface area contributed by atoms with Crippen molar-refractivity contribution in [3.63, 3.8) is 0 Å². The van der Waals surface area contributed by atoms with Gasteiger partial charge in [0.25, 0.3) is 0 Å². The van der Waals surface area contributed by atoms with Crippen molar-refractivity contribution < 1.29 is 0 Å². The molecule has 7 nitrogen and oxygen atoms in total. The summed E-state index contributed by atoms with van der Waals surface area (Å²) in [5.41, 5.74) is 13.7. The third kappa shape index (κ3) is 3.60. The van der Waals surface area contributed by atoms with Crippen LogP contribution in [0.1, 0.15) is 25.0 Å². The van der Waals surface area contributed by atoms with Crippen LogP contribution in [0, 0.1) is 0 Å². The van der Waals surface area contributed by atoms with Crippen molar-refractivity contribution in [2.24, 2.45) is 0 Å². The lowest BCUT2D eigenvalue weighted by atomic mass is 9.73. The summed E-state index contributed by atoms with van der Waals surface area (Å²) in [5, 5.41) is 0. The molecule has 0 atom stereocenters. The molecule has 1 aliphatic heterocycles. The van der Waals surface area contributed by atoms with Gasteiger partial charge in [-0.05, 0) is 35.4 Å². The molecular formula is C35H23N7S2. The summed E-state index contributed by atoms with van der Waals surface area (Å²) in [6.45, 7) is 4.61. The molecule has 0 aliphatic carbocycles. The van der Waals surface area contributed by atoms with Crippen LogP contribution in [0.5, 0.6) is 0 Å². The number of nitrogens with zero attached hydrogens (tertiary/aromatic N) is 7. The number of fused-ring (bicyclic) bond motifs is 8. The Balaban J connectivity index is 1.25. The molecule has 0 saturated carbocycles. The highest BCUT2D eigenvalue weighted by Gasteiger charge is 2.36. The summed E-state index contributed by atoms with van der Waals surface area (Å²) in [6, 6.07) is 36.2. The van der Waals surface area contributed by atoms with Gasteiger partial charge in [-0.1, -0.05) is 92.7 Å². The fourth-order valence-electron chi connectivity index (χ4n) is 6.48. The summed E-state index contributed by atoms with van der Waals surface area (Å²) in [7, 11) is 0. The summed E-state index contributed by atoms with van der Waals surface area (Å²) < 4.78 is 18.2. The van der Waals surface area contributed by atoms with E-state index in [-0.39, 0.29) is 5.41 Å². The predicted octanol–water partition coefficient (Wildman–Crippen LogP) is 9.08. The normalized spacial score (nSPS) is 13.8. The molecule has 0 saturated heterocycles. The van der Waals surface area contributed by atoms with Crippen molar-refractivity contribution in [3.05, 3.63) is 114 Å². The lowest BCUT2D eigenvalue weighted by molar-refractivity contribution is 0.632. The van der Waals surface area contributed by atoms with E-state index >= 15 is 0 Å². The first kappa shape index (κ1) is 25.4. The van der Waals surface area contributed by atoms with Gasteiger partial charge >= 0.3 is 0 Å². The molecule has 4 heterocycles. The van der Waals surface area contributed by atoms with E-state index in [2.05, 4.69) is 121 Å². The number of rotatable bonds is 3. The van der Waals surface area contributed by atoms with E-state index in [0.717, 1.165) is 62.7 Å². The number of para-hydroxylation sites is 2. The van der Waals surface area contributed by atoms with Gasteiger partial charge in [-0.25, -0.2) is 9.97 Å². The van der Waals surface area contributed by atoms with E-state index in [1.54, 1.807) is 0 Å². The molecule has 44 heavy (non-hydrogen) atoms. The van der Waals surface area contributed by atoms with Crippen LogP contribution in [0.3, 0.4) is 0 Å². The van der Waals surface area contributed by atoms with Gasteiger partial charge in [0.05, 0.1) is 46.2 Å². The summed E-state index contributed by atoms with van der Waals surface area (Å²) in [5.74, 6) is 0. The molecule has 3 aromatic heterocycles. The zero-order valence-electron chi connectivity index (χ0n) is 23.8. The lowest BCUT2D eigenvalue weighted by Gasteiger charge is -2.42. The highest BCUT2D eigenvalue weighted by molar-refractivity contribution is 7.01. The van der Waals surface area contributed by atoms with Gasteiger partial charge in [0.15, 0.2) is 0 Å². The predicted molar refractivity (Wildman–Crippen MR) is 179 cm³/mol. The molecule has 1 aliphatic rings. The van der Waals surface area contributed by atoms with Crippen molar-refractivity contribution in [2.45, 2.75) is 19.3 Å². The van der Waals surface area contributed by atoms with Gasteiger partial charge in [0.1, 0.15) is 33.1 Å². The van der Waals surface area contributed by atoms with E-state index in [4.69, 9.17) is 9.97 Å². The largest absolute Gasteiger partial charge is 0.310 e. The second-order valence-corrected chi connectivity index (χ2v) is 12.5. The average Bonchev–Trinajstić information content (AvgIpc) is 3.76. The third-order valence-corrected chi connectivity index (χ3v) is 9.69. The number of aromatic nitrogens is 6. The van der Waals surface area contributed by atoms with Crippen LogP contribution < -0.4 is 4.90 Å². The van der Waals surface area contributed by atoms with Crippen molar-refractivity contribution in [3.8, 4) is 22.5 Å². The highest BCUT2D eigenvalue weighted by atomic mass is 32.1. The minimum Gasteiger partial charge on any atom is -0.310 e. The number of hydrogen-bond acceptors (Lipinski definition) is 9. The maximum atomic E-state index is 5.25. The quantitative estimate of drug-likeness (QED) is 0.199. The number of anilines is 3. The molecule has 0 spiro atoms. The van der Waals surface area contributed by atoms with Gasteiger partial charge in [0, 0.05) is 22.2 Å². The van der Waals surface area contributed by atoms with Crippen LogP contribution >= 0.6 is 23.5 Å². The van der Waals surface area contributed by atoms with Crippen LogP contribution in [-0.2, 0) is 5.41 Å². The fourth-order valence-corrected chi connectivity index (χ4v) is 7.58. The minimum atomic E-state index is -0.108. The van der Waals surface area contributed by atoms with E-state index in [1.165, 1.54) is 22.5 Å². The maximum absolute atomic E-state index is 5.25. The molecule has 9 heteroatoms. The number of benzene rings is 5. The Kier molecular flexibility index (Phi) is 5.45. The maximum Gasteiger partial charge on any atom is 0.136 e. The zero-order chi connectivity index (χ0) is 29.4. The van der Waals surface area contributed by atoms with Gasteiger partial charge in [-0.2, -0.15) is 17.5 Å². The molecule has 210 valence electrons. The second-order valence-electron chi connectivity index (χ2n) is 11.4. The van der Waals surface area contributed by atoms with Crippen molar-refractivity contribution in [1.29, 1.82) is 0 Å². The van der Waals surface area contributed by atoms with E-state index in [9.17, 15) is 0 Å². The zero-order valence-corrected chi connectivity index (χ0v) is 25.4. The standard InChI is InChI=1S/C35H23N7S2/c1-35(2)23-12-6-8-14-25(23)42(26-15-9-7-13-24(26)35)22-18-16-21(17-19-22)28-27(20-10-4-3-5-11-20)36-29-30(37-28)32-34(41-44-39-32)33-31(29)38-43-40-33/h3-19H,1-2H3. The Morgan fingerprint density at radius 3 is 1.43 bits per heavy atom. The third-order valence-electron chi connectivity index (χ3n) is 8.63. The van der Waals surface area contributed by atoms with Gasteiger partial charge in [0.2, 0.25) is 0 Å².